The van der Waals surface area contributed by atoms with Crippen molar-refractivity contribution < 1.29 is 9.90 Å². The molecule has 3 rings (SSSR count). The van der Waals surface area contributed by atoms with Crippen molar-refractivity contribution in [3.63, 3.8) is 0 Å². The molecule has 23 heavy (non-hydrogen) atoms. The van der Waals surface area contributed by atoms with Gasteiger partial charge in [-0.3, -0.25) is 13.8 Å². The Bertz CT molecular complexity index is 1050. The lowest BCUT2D eigenvalue weighted by molar-refractivity contribution is 0.0701. The van der Waals surface area contributed by atoms with Crippen LogP contribution in [0.15, 0.2) is 44.5 Å². The molecule has 0 spiro atoms. The van der Waals surface area contributed by atoms with Crippen LogP contribution >= 0.6 is 27.3 Å². The number of aryl methyl sites for hydroxylation is 1. The third-order valence-electron chi connectivity index (χ3n) is 3.44. The SMILES string of the molecule is Cc1c(=O)n(Cc2cccc(Br)c2)c(=O)n2cc(C(=O)O)sc12. The quantitative estimate of drug-likeness (QED) is 0.738. The third-order valence-corrected chi connectivity index (χ3v) is 5.13. The Kier molecular flexibility index (Phi) is 3.95. The van der Waals surface area contributed by atoms with Gasteiger partial charge in [0.1, 0.15) is 9.71 Å². The number of aromatic nitrogens is 2. The van der Waals surface area contributed by atoms with Gasteiger partial charge in [0.05, 0.1) is 6.54 Å². The molecule has 0 aliphatic rings. The van der Waals surface area contributed by atoms with Crippen molar-refractivity contribution >= 4 is 38.1 Å². The first-order chi connectivity index (χ1) is 10.9. The average Bonchev–Trinajstić information content (AvgIpc) is 2.95. The van der Waals surface area contributed by atoms with Gasteiger partial charge in [-0.2, -0.15) is 0 Å². The van der Waals surface area contributed by atoms with Crippen molar-refractivity contribution in [2.24, 2.45) is 0 Å². The lowest BCUT2D eigenvalue weighted by Crippen LogP contribution is -2.38. The molecule has 1 aromatic carbocycles. The van der Waals surface area contributed by atoms with Crippen LogP contribution in [0.3, 0.4) is 0 Å². The monoisotopic (exact) mass is 394 g/mol. The highest BCUT2D eigenvalue weighted by molar-refractivity contribution is 9.10. The van der Waals surface area contributed by atoms with E-state index in [0.717, 1.165) is 25.9 Å². The molecule has 0 aliphatic heterocycles. The highest BCUT2D eigenvalue weighted by Gasteiger charge is 2.17. The Hall–Kier alpha value is -2.19. The topological polar surface area (TPSA) is 80.8 Å². The summed E-state index contributed by atoms with van der Waals surface area (Å²) in [5.41, 5.74) is 0.205. The fourth-order valence-corrected chi connectivity index (χ4v) is 3.69. The molecule has 0 aliphatic carbocycles. The van der Waals surface area contributed by atoms with Gasteiger partial charge in [0.25, 0.3) is 5.56 Å². The molecule has 0 saturated heterocycles. The Balaban J connectivity index is 2.23. The summed E-state index contributed by atoms with van der Waals surface area (Å²) >= 11 is 4.27. The van der Waals surface area contributed by atoms with Crippen LogP contribution in [0.1, 0.15) is 20.8 Å². The first-order valence-electron chi connectivity index (χ1n) is 6.62. The number of halogens is 1. The summed E-state index contributed by atoms with van der Waals surface area (Å²) in [6.07, 6.45) is 1.26. The number of rotatable bonds is 3. The first-order valence-corrected chi connectivity index (χ1v) is 8.23. The van der Waals surface area contributed by atoms with Crippen LogP contribution in [0.4, 0.5) is 0 Å². The van der Waals surface area contributed by atoms with Crippen molar-refractivity contribution in [3.05, 3.63) is 71.8 Å². The second-order valence-electron chi connectivity index (χ2n) is 5.00. The summed E-state index contributed by atoms with van der Waals surface area (Å²) in [6.45, 7) is 1.72. The third kappa shape index (κ3) is 2.75. The van der Waals surface area contributed by atoms with Crippen molar-refractivity contribution in [2.45, 2.75) is 13.5 Å². The van der Waals surface area contributed by atoms with Gasteiger partial charge in [-0.25, -0.2) is 9.59 Å². The van der Waals surface area contributed by atoms with Crippen LogP contribution in [0.25, 0.3) is 4.83 Å². The molecule has 2 heterocycles. The van der Waals surface area contributed by atoms with E-state index in [9.17, 15) is 14.4 Å². The molecule has 0 amide bonds. The van der Waals surface area contributed by atoms with Gasteiger partial charge in [-0.15, -0.1) is 11.3 Å². The van der Waals surface area contributed by atoms with Gasteiger partial charge in [0.15, 0.2) is 0 Å². The van der Waals surface area contributed by atoms with Gasteiger partial charge in [0, 0.05) is 16.2 Å². The molecule has 0 saturated carbocycles. The molecule has 0 atom stereocenters. The van der Waals surface area contributed by atoms with Crippen molar-refractivity contribution in [1.82, 2.24) is 8.97 Å². The Labute approximate surface area is 142 Å². The first kappa shape index (κ1) is 15.7. The van der Waals surface area contributed by atoms with Crippen LogP contribution in [0.5, 0.6) is 0 Å². The summed E-state index contributed by atoms with van der Waals surface area (Å²) < 4.78 is 3.19. The fourth-order valence-electron chi connectivity index (χ4n) is 2.32. The maximum Gasteiger partial charge on any atom is 0.347 e. The molecule has 2 aromatic heterocycles. The van der Waals surface area contributed by atoms with Gasteiger partial charge in [0.2, 0.25) is 0 Å². The largest absolute Gasteiger partial charge is 0.477 e. The summed E-state index contributed by atoms with van der Waals surface area (Å²) in [4.78, 5) is 36.5. The summed E-state index contributed by atoms with van der Waals surface area (Å²) in [5.74, 6) is -1.12. The van der Waals surface area contributed by atoms with E-state index >= 15 is 0 Å². The average molecular weight is 395 g/mol. The van der Waals surface area contributed by atoms with Crippen LogP contribution < -0.4 is 11.2 Å². The minimum atomic E-state index is -1.12. The second kappa shape index (κ2) is 5.78. The Morgan fingerprint density at radius 2 is 2.09 bits per heavy atom. The second-order valence-corrected chi connectivity index (χ2v) is 6.95. The molecule has 0 bridgehead atoms. The van der Waals surface area contributed by atoms with E-state index in [-0.39, 0.29) is 11.4 Å². The number of hydrogen-bond acceptors (Lipinski definition) is 4. The number of nitrogens with zero attached hydrogens (tertiary/aromatic N) is 2. The summed E-state index contributed by atoms with van der Waals surface area (Å²) in [6, 6.07) is 7.32. The lowest BCUT2D eigenvalue weighted by Gasteiger charge is -2.08. The minimum absolute atomic E-state index is 0.0183. The van der Waals surface area contributed by atoms with E-state index in [0.29, 0.717) is 10.4 Å². The molecular weight excluding hydrogens is 384 g/mol. The van der Waals surface area contributed by atoms with E-state index < -0.39 is 17.2 Å². The number of thiazole rings is 1. The Morgan fingerprint density at radius 3 is 2.74 bits per heavy atom. The number of aromatic carboxylic acids is 1. The maximum absolute atomic E-state index is 12.6. The Morgan fingerprint density at radius 1 is 1.35 bits per heavy atom. The van der Waals surface area contributed by atoms with Crippen molar-refractivity contribution in [1.29, 1.82) is 0 Å². The molecule has 118 valence electrons. The number of carboxylic acid groups (broad SMARTS) is 1. The summed E-state index contributed by atoms with van der Waals surface area (Å²) in [7, 11) is 0. The van der Waals surface area contributed by atoms with Crippen molar-refractivity contribution in [2.75, 3.05) is 0 Å². The number of benzene rings is 1. The maximum atomic E-state index is 12.6. The van der Waals surface area contributed by atoms with Crippen LogP contribution in [0.2, 0.25) is 0 Å². The molecule has 6 nitrogen and oxygen atoms in total. The van der Waals surface area contributed by atoms with E-state index in [1.165, 1.54) is 10.6 Å². The predicted octanol–water partition coefficient (Wildman–Crippen LogP) is 2.34. The zero-order valence-corrected chi connectivity index (χ0v) is 14.3. The fraction of sp³-hybridized carbons (Fsp3) is 0.133. The molecule has 0 unspecified atom stereocenters. The molecule has 8 heteroatoms. The van der Waals surface area contributed by atoms with Crippen LogP contribution in [-0.4, -0.2) is 20.0 Å². The van der Waals surface area contributed by atoms with Gasteiger partial charge in [-0.1, -0.05) is 28.1 Å². The molecule has 1 N–H and O–H groups in total. The number of fused-ring (bicyclic) bond motifs is 1. The van der Waals surface area contributed by atoms with Gasteiger partial charge >= 0.3 is 11.7 Å². The molecular formula is C15H11BrN2O4S. The molecule has 0 fully saturated rings. The highest BCUT2D eigenvalue weighted by atomic mass is 79.9. The van der Waals surface area contributed by atoms with E-state index in [1.54, 1.807) is 6.92 Å². The van der Waals surface area contributed by atoms with Gasteiger partial charge in [-0.05, 0) is 24.6 Å². The zero-order valence-electron chi connectivity index (χ0n) is 11.9. The smallest absolute Gasteiger partial charge is 0.347 e. The lowest BCUT2D eigenvalue weighted by atomic mass is 10.2. The zero-order chi connectivity index (χ0) is 16.7. The van der Waals surface area contributed by atoms with Crippen LogP contribution in [0, 0.1) is 6.92 Å². The van der Waals surface area contributed by atoms with Gasteiger partial charge < -0.3 is 5.11 Å². The van der Waals surface area contributed by atoms with E-state index in [4.69, 9.17) is 5.11 Å². The number of carboxylic acids is 1. The normalized spacial score (nSPS) is 11.0. The molecule has 0 radical (unpaired) electrons. The van der Waals surface area contributed by atoms with E-state index in [1.807, 2.05) is 24.3 Å². The van der Waals surface area contributed by atoms with E-state index in [2.05, 4.69) is 15.9 Å². The predicted molar refractivity (Wildman–Crippen MR) is 90.7 cm³/mol. The molecule has 3 aromatic rings. The number of carbonyl (C=O) groups is 1. The highest BCUT2D eigenvalue weighted by Crippen LogP contribution is 2.18. The standard InChI is InChI=1S/C15H11BrN2O4S/c1-8-12(19)17(6-9-3-2-4-10(16)5-9)15(22)18-7-11(14(20)21)23-13(8)18/h2-5,7H,6H2,1H3,(H,20,21). The minimum Gasteiger partial charge on any atom is -0.477 e. The van der Waals surface area contributed by atoms with Crippen molar-refractivity contribution in [3.8, 4) is 0 Å². The van der Waals surface area contributed by atoms with Crippen LogP contribution in [-0.2, 0) is 6.54 Å². The summed E-state index contributed by atoms with van der Waals surface area (Å²) in [5, 5.41) is 9.08. The number of hydrogen-bond donors (Lipinski definition) is 1.